The molecule has 1 saturated heterocycles. The third kappa shape index (κ3) is 2.03. The van der Waals surface area contributed by atoms with Crippen molar-refractivity contribution >= 4 is 12.2 Å². The van der Waals surface area contributed by atoms with Crippen molar-refractivity contribution in [3.63, 3.8) is 0 Å². The highest BCUT2D eigenvalue weighted by molar-refractivity contribution is 5.73. The monoisotopic (exact) mass is 155 g/mol. The molecular formula is C8H13NO2. The molecule has 62 valence electrons. The van der Waals surface area contributed by atoms with Crippen LogP contribution in [-0.4, -0.2) is 30.2 Å². The molecule has 1 heterocycles. The fourth-order valence-corrected chi connectivity index (χ4v) is 1.41. The van der Waals surface area contributed by atoms with Gasteiger partial charge in [-0.2, -0.15) is 0 Å². The molecule has 1 aliphatic rings. The van der Waals surface area contributed by atoms with E-state index in [1.165, 1.54) is 0 Å². The van der Waals surface area contributed by atoms with Crippen LogP contribution in [-0.2, 0) is 9.59 Å². The van der Waals surface area contributed by atoms with Crippen LogP contribution >= 0.6 is 0 Å². The van der Waals surface area contributed by atoms with E-state index in [9.17, 15) is 9.59 Å². The third-order valence-electron chi connectivity index (χ3n) is 2.10. The smallest absolute Gasteiger partial charge is 0.219 e. The van der Waals surface area contributed by atoms with Crippen LogP contribution in [0.2, 0.25) is 0 Å². The maximum absolute atomic E-state index is 10.9. The van der Waals surface area contributed by atoms with E-state index in [4.69, 9.17) is 0 Å². The first-order chi connectivity index (χ1) is 5.24. The van der Waals surface area contributed by atoms with Gasteiger partial charge >= 0.3 is 0 Å². The quantitative estimate of drug-likeness (QED) is 0.515. The van der Waals surface area contributed by atoms with E-state index in [1.54, 1.807) is 11.8 Å². The molecule has 0 aromatic heterocycles. The van der Waals surface area contributed by atoms with Crippen LogP contribution in [0, 0.1) is 5.92 Å². The molecule has 1 aliphatic heterocycles. The van der Waals surface area contributed by atoms with Crippen LogP contribution in [0.3, 0.4) is 0 Å². The van der Waals surface area contributed by atoms with Crippen LogP contribution in [0.25, 0.3) is 0 Å². The van der Waals surface area contributed by atoms with E-state index in [1.807, 2.05) is 0 Å². The third-order valence-corrected chi connectivity index (χ3v) is 2.10. The predicted molar refractivity (Wildman–Crippen MR) is 41.0 cm³/mol. The lowest BCUT2D eigenvalue weighted by Crippen LogP contribution is -2.38. The van der Waals surface area contributed by atoms with Crippen molar-refractivity contribution in [3.05, 3.63) is 0 Å². The lowest BCUT2D eigenvalue weighted by atomic mass is 10.00. The number of carbonyl (C=O) groups excluding carboxylic acids is 2. The summed E-state index contributed by atoms with van der Waals surface area (Å²) in [5.41, 5.74) is 0. The minimum absolute atomic E-state index is 0.0765. The maximum atomic E-state index is 10.9. The molecule has 1 amide bonds. The van der Waals surface area contributed by atoms with Gasteiger partial charge in [-0.1, -0.05) is 0 Å². The summed E-state index contributed by atoms with van der Waals surface area (Å²) in [5.74, 6) is 0.157. The molecule has 0 bridgehead atoms. The van der Waals surface area contributed by atoms with E-state index >= 15 is 0 Å². The standard InChI is InChI=1S/C8H13NO2/c1-7(11)9-4-2-3-8(5-9)6-10/h6,8H,2-5H2,1H3/t8-/m1/s1. The van der Waals surface area contributed by atoms with Gasteiger partial charge in [0, 0.05) is 25.9 Å². The Labute approximate surface area is 66.4 Å². The molecule has 0 aromatic carbocycles. The van der Waals surface area contributed by atoms with Gasteiger partial charge in [0.05, 0.1) is 0 Å². The van der Waals surface area contributed by atoms with Crippen molar-refractivity contribution in [1.29, 1.82) is 0 Å². The zero-order valence-electron chi connectivity index (χ0n) is 6.75. The van der Waals surface area contributed by atoms with E-state index in [0.717, 1.165) is 25.7 Å². The number of rotatable bonds is 1. The molecule has 11 heavy (non-hydrogen) atoms. The van der Waals surface area contributed by atoms with E-state index in [0.29, 0.717) is 6.54 Å². The fraction of sp³-hybridized carbons (Fsp3) is 0.750. The number of amides is 1. The van der Waals surface area contributed by atoms with Gasteiger partial charge in [0.25, 0.3) is 0 Å². The van der Waals surface area contributed by atoms with Crippen molar-refractivity contribution in [2.24, 2.45) is 5.92 Å². The zero-order chi connectivity index (χ0) is 8.27. The molecule has 0 spiro atoms. The molecule has 0 radical (unpaired) electrons. The van der Waals surface area contributed by atoms with E-state index < -0.39 is 0 Å². The molecule has 1 fully saturated rings. The van der Waals surface area contributed by atoms with Crippen LogP contribution in [0.4, 0.5) is 0 Å². The second kappa shape index (κ2) is 3.51. The summed E-state index contributed by atoms with van der Waals surface area (Å²) in [6.45, 7) is 2.99. The average molecular weight is 155 g/mol. The lowest BCUT2D eigenvalue weighted by molar-refractivity contribution is -0.131. The summed E-state index contributed by atoms with van der Waals surface area (Å²) in [4.78, 5) is 23.0. The molecule has 0 saturated carbocycles. The Morgan fingerprint density at radius 2 is 2.36 bits per heavy atom. The molecule has 3 nitrogen and oxygen atoms in total. The number of carbonyl (C=O) groups is 2. The Balaban J connectivity index is 2.45. The van der Waals surface area contributed by atoms with E-state index in [-0.39, 0.29) is 11.8 Å². The molecule has 1 atom stereocenters. The molecule has 0 aromatic rings. The largest absolute Gasteiger partial charge is 0.342 e. The first-order valence-corrected chi connectivity index (χ1v) is 3.95. The number of nitrogens with zero attached hydrogens (tertiary/aromatic N) is 1. The first-order valence-electron chi connectivity index (χ1n) is 3.95. The molecule has 0 aliphatic carbocycles. The summed E-state index contributed by atoms with van der Waals surface area (Å²) < 4.78 is 0. The number of likely N-dealkylation sites (tertiary alicyclic amines) is 1. The normalized spacial score (nSPS) is 24.8. The Bertz CT molecular complexity index is 167. The minimum atomic E-state index is 0.0765. The summed E-state index contributed by atoms with van der Waals surface area (Å²) in [5, 5.41) is 0. The summed E-state index contributed by atoms with van der Waals surface area (Å²) >= 11 is 0. The second-order valence-electron chi connectivity index (χ2n) is 3.00. The highest BCUT2D eigenvalue weighted by Crippen LogP contribution is 2.13. The topological polar surface area (TPSA) is 37.4 Å². The van der Waals surface area contributed by atoms with Gasteiger partial charge in [-0.15, -0.1) is 0 Å². The predicted octanol–water partition coefficient (Wildman–Crippen LogP) is 0.444. The van der Waals surface area contributed by atoms with Crippen LogP contribution in [0.1, 0.15) is 19.8 Å². The minimum Gasteiger partial charge on any atom is -0.342 e. The Kier molecular flexibility index (Phi) is 2.63. The second-order valence-corrected chi connectivity index (χ2v) is 3.00. The SMILES string of the molecule is CC(=O)N1CCC[C@@H](C=O)C1. The van der Waals surface area contributed by atoms with E-state index in [2.05, 4.69) is 0 Å². The highest BCUT2D eigenvalue weighted by atomic mass is 16.2. The number of hydrogen-bond donors (Lipinski definition) is 0. The average Bonchev–Trinajstić information content (AvgIpc) is 2.05. The van der Waals surface area contributed by atoms with Crippen molar-refractivity contribution in [1.82, 2.24) is 4.90 Å². The van der Waals surface area contributed by atoms with Crippen molar-refractivity contribution in [2.75, 3.05) is 13.1 Å². The highest BCUT2D eigenvalue weighted by Gasteiger charge is 2.20. The van der Waals surface area contributed by atoms with Gasteiger partial charge in [0.15, 0.2) is 0 Å². The van der Waals surface area contributed by atoms with Crippen LogP contribution < -0.4 is 0 Å². The fourth-order valence-electron chi connectivity index (χ4n) is 1.41. The Morgan fingerprint density at radius 1 is 1.64 bits per heavy atom. The molecular weight excluding hydrogens is 142 g/mol. The summed E-state index contributed by atoms with van der Waals surface area (Å²) in [6.07, 6.45) is 2.85. The summed E-state index contributed by atoms with van der Waals surface area (Å²) in [6, 6.07) is 0. The van der Waals surface area contributed by atoms with Gasteiger partial charge in [-0.05, 0) is 12.8 Å². The van der Waals surface area contributed by atoms with Gasteiger partial charge in [0.2, 0.25) is 5.91 Å². The summed E-state index contributed by atoms with van der Waals surface area (Å²) in [7, 11) is 0. The Morgan fingerprint density at radius 3 is 2.91 bits per heavy atom. The van der Waals surface area contributed by atoms with Crippen molar-refractivity contribution in [3.8, 4) is 0 Å². The number of hydrogen-bond acceptors (Lipinski definition) is 2. The first kappa shape index (κ1) is 8.24. The Hall–Kier alpha value is -0.860. The van der Waals surface area contributed by atoms with Crippen LogP contribution in [0.5, 0.6) is 0 Å². The van der Waals surface area contributed by atoms with Gasteiger partial charge in [0.1, 0.15) is 6.29 Å². The van der Waals surface area contributed by atoms with Crippen molar-refractivity contribution < 1.29 is 9.59 Å². The lowest BCUT2D eigenvalue weighted by Gasteiger charge is -2.28. The number of aldehydes is 1. The van der Waals surface area contributed by atoms with Crippen molar-refractivity contribution in [2.45, 2.75) is 19.8 Å². The molecule has 0 unspecified atom stereocenters. The number of piperidine rings is 1. The van der Waals surface area contributed by atoms with Gasteiger partial charge in [-0.3, -0.25) is 4.79 Å². The molecule has 3 heteroatoms. The van der Waals surface area contributed by atoms with Gasteiger partial charge in [-0.25, -0.2) is 0 Å². The molecule has 0 N–H and O–H groups in total. The zero-order valence-corrected chi connectivity index (χ0v) is 6.75. The molecule has 1 rings (SSSR count). The van der Waals surface area contributed by atoms with Gasteiger partial charge < -0.3 is 9.69 Å². The van der Waals surface area contributed by atoms with Crippen LogP contribution in [0.15, 0.2) is 0 Å². The maximum Gasteiger partial charge on any atom is 0.219 e.